The molecule has 0 radical (unpaired) electrons. The van der Waals surface area contributed by atoms with E-state index < -0.39 is 24.3 Å². The highest BCUT2D eigenvalue weighted by Gasteiger charge is 2.17. The van der Waals surface area contributed by atoms with E-state index in [4.69, 9.17) is 25.8 Å². The monoisotopic (exact) mass is 377 g/mol. The molecule has 8 heteroatoms. The van der Waals surface area contributed by atoms with Crippen LogP contribution in [0.5, 0.6) is 11.5 Å². The van der Waals surface area contributed by atoms with E-state index in [2.05, 4.69) is 5.32 Å². The second kappa shape index (κ2) is 7.88. The quantitative estimate of drug-likeness (QED) is 0.638. The minimum atomic E-state index is -0.715. The first-order valence-electron chi connectivity index (χ1n) is 7.50. The van der Waals surface area contributed by atoms with Gasteiger partial charge in [-0.3, -0.25) is 4.79 Å². The van der Waals surface area contributed by atoms with E-state index in [0.717, 1.165) is 12.1 Å². The number of ether oxygens (including phenoxy) is 3. The summed E-state index contributed by atoms with van der Waals surface area (Å²) in [7, 11) is 0. The SMILES string of the molecule is O=C(COC(=O)/C=C/c1cc(Cl)c2c(c1)OCO2)Nc1cccc(F)c1. The van der Waals surface area contributed by atoms with Gasteiger partial charge in [0, 0.05) is 11.8 Å². The topological polar surface area (TPSA) is 73.9 Å². The Hall–Kier alpha value is -3.06. The van der Waals surface area contributed by atoms with E-state index in [1.54, 1.807) is 12.1 Å². The van der Waals surface area contributed by atoms with Crippen molar-refractivity contribution in [2.45, 2.75) is 0 Å². The van der Waals surface area contributed by atoms with Gasteiger partial charge in [0.05, 0.1) is 5.02 Å². The number of benzene rings is 2. The van der Waals surface area contributed by atoms with Crippen LogP contribution in [-0.2, 0) is 14.3 Å². The van der Waals surface area contributed by atoms with Crippen molar-refractivity contribution in [2.75, 3.05) is 18.7 Å². The van der Waals surface area contributed by atoms with Crippen LogP contribution in [0.25, 0.3) is 6.08 Å². The number of carbonyl (C=O) groups excluding carboxylic acids is 2. The van der Waals surface area contributed by atoms with Crippen molar-refractivity contribution in [1.82, 2.24) is 0 Å². The fraction of sp³-hybridized carbons (Fsp3) is 0.111. The van der Waals surface area contributed by atoms with Gasteiger partial charge in [-0.15, -0.1) is 0 Å². The lowest BCUT2D eigenvalue weighted by molar-refractivity contribution is -0.142. The van der Waals surface area contributed by atoms with Gasteiger partial charge in [-0.1, -0.05) is 17.7 Å². The highest BCUT2D eigenvalue weighted by atomic mass is 35.5. The zero-order valence-corrected chi connectivity index (χ0v) is 14.1. The summed E-state index contributed by atoms with van der Waals surface area (Å²) >= 11 is 6.05. The maximum Gasteiger partial charge on any atom is 0.331 e. The summed E-state index contributed by atoms with van der Waals surface area (Å²) in [5.74, 6) is -0.831. The number of halogens is 2. The molecule has 2 aromatic carbocycles. The lowest BCUT2D eigenvalue weighted by atomic mass is 10.2. The van der Waals surface area contributed by atoms with Gasteiger partial charge < -0.3 is 19.5 Å². The lowest BCUT2D eigenvalue weighted by Crippen LogP contribution is -2.20. The Bertz CT molecular complexity index is 884. The van der Waals surface area contributed by atoms with Gasteiger partial charge in [-0.2, -0.15) is 0 Å². The van der Waals surface area contributed by atoms with Crippen molar-refractivity contribution in [1.29, 1.82) is 0 Å². The van der Waals surface area contributed by atoms with E-state index in [-0.39, 0.29) is 12.5 Å². The Kier molecular flexibility index (Phi) is 5.38. The molecule has 0 fully saturated rings. The van der Waals surface area contributed by atoms with Crippen LogP contribution in [0.15, 0.2) is 42.5 Å². The minimum Gasteiger partial charge on any atom is -0.454 e. The number of rotatable bonds is 5. The molecule has 1 amide bonds. The fourth-order valence-electron chi connectivity index (χ4n) is 2.20. The predicted molar refractivity (Wildman–Crippen MR) is 92.6 cm³/mol. The van der Waals surface area contributed by atoms with E-state index in [0.29, 0.717) is 22.1 Å². The molecule has 0 spiro atoms. The first kappa shape index (κ1) is 17.8. The first-order chi connectivity index (χ1) is 12.5. The number of carbonyl (C=O) groups is 2. The van der Waals surface area contributed by atoms with Crippen LogP contribution >= 0.6 is 11.6 Å². The van der Waals surface area contributed by atoms with Gasteiger partial charge in [-0.25, -0.2) is 9.18 Å². The molecule has 1 heterocycles. The van der Waals surface area contributed by atoms with Gasteiger partial charge in [0.25, 0.3) is 5.91 Å². The largest absolute Gasteiger partial charge is 0.454 e. The number of amides is 1. The molecular weight excluding hydrogens is 365 g/mol. The van der Waals surface area contributed by atoms with E-state index >= 15 is 0 Å². The van der Waals surface area contributed by atoms with Crippen molar-refractivity contribution in [3.63, 3.8) is 0 Å². The maximum absolute atomic E-state index is 13.0. The third-order valence-corrected chi connectivity index (χ3v) is 3.60. The Balaban J connectivity index is 1.52. The molecular formula is C18H13ClFNO5. The fourth-order valence-corrected chi connectivity index (χ4v) is 2.47. The third-order valence-electron chi connectivity index (χ3n) is 3.32. The van der Waals surface area contributed by atoms with Crippen LogP contribution in [0.4, 0.5) is 10.1 Å². The van der Waals surface area contributed by atoms with Gasteiger partial charge in [-0.05, 0) is 42.0 Å². The zero-order valence-electron chi connectivity index (χ0n) is 13.3. The van der Waals surface area contributed by atoms with Crippen LogP contribution in [0.1, 0.15) is 5.56 Å². The summed E-state index contributed by atoms with van der Waals surface area (Å²) in [6, 6.07) is 8.65. The van der Waals surface area contributed by atoms with Crippen LogP contribution in [0.3, 0.4) is 0 Å². The first-order valence-corrected chi connectivity index (χ1v) is 7.88. The molecule has 0 unspecified atom stereocenters. The average molecular weight is 378 g/mol. The summed E-state index contributed by atoms with van der Waals surface area (Å²) in [4.78, 5) is 23.4. The molecule has 26 heavy (non-hydrogen) atoms. The molecule has 134 valence electrons. The molecule has 0 atom stereocenters. The highest BCUT2D eigenvalue weighted by molar-refractivity contribution is 6.32. The molecule has 3 rings (SSSR count). The Morgan fingerprint density at radius 1 is 1.27 bits per heavy atom. The van der Waals surface area contributed by atoms with Gasteiger partial charge in [0.15, 0.2) is 18.1 Å². The van der Waals surface area contributed by atoms with Gasteiger partial charge >= 0.3 is 5.97 Å². The minimum absolute atomic E-state index is 0.0880. The van der Waals surface area contributed by atoms with E-state index in [1.807, 2.05) is 0 Å². The van der Waals surface area contributed by atoms with Gasteiger partial charge in [0.2, 0.25) is 6.79 Å². The summed E-state index contributed by atoms with van der Waals surface area (Å²) in [6.07, 6.45) is 2.63. The molecule has 0 aliphatic carbocycles. The van der Waals surface area contributed by atoms with Crippen molar-refractivity contribution in [3.8, 4) is 11.5 Å². The molecule has 0 aromatic heterocycles. The summed E-state index contributed by atoms with van der Waals surface area (Å²) in [6.45, 7) is -0.410. The summed E-state index contributed by atoms with van der Waals surface area (Å²) in [5, 5.41) is 2.78. The van der Waals surface area contributed by atoms with Crippen LogP contribution < -0.4 is 14.8 Å². The maximum atomic E-state index is 13.0. The second-order valence-electron chi connectivity index (χ2n) is 5.24. The Labute approximate surface area is 153 Å². The van der Waals surface area contributed by atoms with Crippen molar-refractivity contribution in [3.05, 3.63) is 58.9 Å². The van der Waals surface area contributed by atoms with Crippen molar-refractivity contribution in [2.24, 2.45) is 0 Å². The smallest absolute Gasteiger partial charge is 0.331 e. The van der Waals surface area contributed by atoms with Crippen molar-refractivity contribution >= 4 is 35.2 Å². The van der Waals surface area contributed by atoms with Gasteiger partial charge in [0.1, 0.15) is 5.82 Å². The standard InChI is InChI=1S/C18H13ClFNO5/c19-14-6-11(7-15-18(14)26-10-25-15)4-5-17(23)24-9-16(22)21-13-3-1-2-12(20)8-13/h1-8H,9-10H2,(H,21,22)/b5-4+. The number of hydrogen-bond donors (Lipinski definition) is 1. The number of nitrogens with one attached hydrogen (secondary N) is 1. The molecule has 0 saturated carbocycles. The molecule has 1 aliphatic rings. The number of esters is 1. The van der Waals surface area contributed by atoms with E-state index in [1.165, 1.54) is 24.3 Å². The zero-order chi connectivity index (χ0) is 18.5. The third kappa shape index (κ3) is 4.52. The predicted octanol–water partition coefficient (Wildman–Crippen LogP) is 3.40. The average Bonchev–Trinajstić information content (AvgIpc) is 3.07. The number of fused-ring (bicyclic) bond motifs is 1. The second-order valence-corrected chi connectivity index (χ2v) is 5.64. The summed E-state index contributed by atoms with van der Waals surface area (Å²) < 4.78 is 28.3. The van der Waals surface area contributed by atoms with Crippen molar-refractivity contribution < 1.29 is 28.2 Å². The van der Waals surface area contributed by atoms with E-state index in [9.17, 15) is 14.0 Å². The number of hydrogen-bond acceptors (Lipinski definition) is 5. The van der Waals surface area contributed by atoms with Crippen LogP contribution in [0, 0.1) is 5.82 Å². The molecule has 0 bridgehead atoms. The molecule has 1 aliphatic heterocycles. The normalized spacial score (nSPS) is 12.2. The molecule has 6 nitrogen and oxygen atoms in total. The Morgan fingerprint density at radius 3 is 2.92 bits per heavy atom. The number of anilines is 1. The lowest BCUT2D eigenvalue weighted by Gasteiger charge is -2.05. The van der Waals surface area contributed by atoms with Crippen LogP contribution in [0.2, 0.25) is 5.02 Å². The highest BCUT2D eigenvalue weighted by Crippen LogP contribution is 2.40. The molecule has 2 aromatic rings. The summed E-state index contributed by atoms with van der Waals surface area (Å²) in [5.41, 5.74) is 0.886. The van der Waals surface area contributed by atoms with Crippen LogP contribution in [-0.4, -0.2) is 25.3 Å². The molecule has 0 saturated heterocycles. The molecule has 1 N–H and O–H groups in total. The Morgan fingerprint density at radius 2 is 2.12 bits per heavy atom.